The highest BCUT2D eigenvalue weighted by molar-refractivity contribution is 5.77. The van der Waals surface area contributed by atoms with E-state index < -0.39 is 0 Å². The fraction of sp³-hybridized carbons (Fsp3) is 0.385. The van der Waals surface area contributed by atoms with Gasteiger partial charge in [-0.3, -0.25) is 0 Å². The molecule has 1 heterocycles. The monoisotopic (exact) mass is 213 g/mol. The third-order valence-corrected chi connectivity index (χ3v) is 2.69. The molecule has 0 amide bonds. The van der Waals surface area contributed by atoms with Gasteiger partial charge >= 0.3 is 0 Å². The fourth-order valence-corrected chi connectivity index (χ4v) is 1.87. The first-order valence-corrected chi connectivity index (χ1v) is 5.47. The fourth-order valence-electron chi connectivity index (χ4n) is 1.87. The van der Waals surface area contributed by atoms with Crippen molar-refractivity contribution in [3.8, 4) is 6.07 Å². The Kier molecular flexibility index (Phi) is 2.66. The van der Waals surface area contributed by atoms with Crippen LogP contribution in [0.4, 0.5) is 0 Å². The normalized spacial score (nSPS) is 10.9. The Morgan fingerprint density at radius 3 is 2.81 bits per heavy atom. The molecule has 0 saturated carbocycles. The molecule has 2 rings (SSSR count). The summed E-state index contributed by atoms with van der Waals surface area (Å²) >= 11 is 0. The van der Waals surface area contributed by atoms with Crippen molar-refractivity contribution in [1.82, 2.24) is 9.55 Å². The Balaban J connectivity index is 2.55. The minimum atomic E-state index is 0.589. The highest BCUT2D eigenvalue weighted by Crippen LogP contribution is 2.18. The van der Waals surface area contributed by atoms with Gasteiger partial charge in [0.1, 0.15) is 5.82 Å². The summed E-state index contributed by atoms with van der Waals surface area (Å²) in [5.41, 5.74) is 2.67. The zero-order valence-electron chi connectivity index (χ0n) is 9.86. The zero-order valence-corrected chi connectivity index (χ0v) is 9.86. The van der Waals surface area contributed by atoms with Gasteiger partial charge in [0.05, 0.1) is 22.7 Å². The third-order valence-electron chi connectivity index (χ3n) is 2.69. The van der Waals surface area contributed by atoms with E-state index in [1.54, 1.807) is 0 Å². The van der Waals surface area contributed by atoms with Crippen molar-refractivity contribution in [2.24, 2.45) is 13.0 Å². The molecule has 0 bridgehead atoms. The molecular weight excluding hydrogens is 198 g/mol. The summed E-state index contributed by atoms with van der Waals surface area (Å²) in [6.07, 6.45) is 0.965. The summed E-state index contributed by atoms with van der Waals surface area (Å²) in [6, 6.07) is 7.79. The number of nitriles is 1. The number of imidazole rings is 1. The standard InChI is InChI=1S/C13H15N3/c1-9(2)6-13-15-11-7-10(8-14)4-5-12(11)16(13)3/h4-5,7,9H,6H2,1-3H3. The predicted octanol–water partition coefficient (Wildman–Crippen LogP) is 2.64. The SMILES string of the molecule is CC(C)Cc1nc2cc(C#N)ccc2n1C. The lowest BCUT2D eigenvalue weighted by Gasteiger charge is -2.04. The van der Waals surface area contributed by atoms with Crippen molar-refractivity contribution in [3.63, 3.8) is 0 Å². The van der Waals surface area contributed by atoms with Crippen LogP contribution in [-0.2, 0) is 13.5 Å². The molecule has 0 spiro atoms. The van der Waals surface area contributed by atoms with Crippen LogP contribution in [0.3, 0.4) is 0 Å². The number of aryl methyl sites for hydroxylation is 1. The second kappa shape index (κ2) is 3.97. The first kappa shape index (κ1) is 10.7. The van der Waals surface area contributed by atoms with Crippen LogP contribution in [0, 0.1) is 17.2 Å². The van der Waals surface area contributed by atoms with Crippen molar-refractivity contribution < 1.29 is 0 Å². The smallest absolute Gasteiger partial charge is 0.109 e. The summed E-state index contributed by atoms with van der Waals surface area (Å²) in [7, 11) is 2.03. The van der Waals surface area contributed by atoms with Crippen LogP contribution < -0.4 is 0 Å². The summed E-state index contributed by atoms with van der Waals surface area (Å²) in [6.45, 7) is 4.36. The number of hydrogen-bond acceptors (Lipinski definition) is 2. The Morgan fingerprint density at radius 1 is 1.44 bits per heavy atom. The van der Waals surface area contributed by atoms with Crippen molar-refractivity contribution in [1.29, 1.82) is 5.26 Å². The average molecular weight is 213 g/mol. The Labute approximate surface area is 95.3 Å². The van der Waals surface area contributed by atoms with E-state index in [9.17, 15) is 0 Å². The lowest BCUT2D eigenvalue weighted by atomic mass is 10.1. The average Bonchev–Trinajstić information content (AvgIpc) is 2.54. The van der Waals surface area contributed by atoms with Gasteiger partial charge in [-0.15, -0.1) is 0 Å². The van der Waals surface area contributed by atoms with Gasteiger partial charge in [0.25, 0.3) is 0 Å². The lowest BCUT2D eigenvalue weighted by molar-refractivity contribution is 0.606. The number of rotatable bonds is 2. The van der Waals surface area contributed by atoms with Gasteiger partial charge < -0.3 is 4.57 Å². The summed E-state index contributed by atoms with van der Waals surface area (Å²) in [4.78, 5) is 4.57. The Bertz CT molecular complexity index is 558. The minimum Gasteiger partial charge on any atom is -0.331 e. The van der Waals surface area contributed by atoms with Crippen molar-refractivity contribution in [2.75, 3.05) is 0 Å². The molecule has 0 N–H and O–H groups in total. The van der Waals surface area contributed by atoms with Gasteiger partial charge in [-0.2, -0.15) is 5.26 Å². The summed E-state index contributed by atoms with van der Waals surface area (Å²) in [5.74, 6) is 1.67. The molecule has 0 aliphatic rings. The second-order valence-electron chi connectivity index (χ2n) is 4.50. The van der Waals surface area contributed by atoms with E-state index in [1.165, 1.54) is 0 Å². The van der Waals surface area contributed by atoms with E-state index >= 15 is 0 Å². The van der Waals surface area contributed by atoms with E-state index in [0.29, 0.717) is 11.5 Å². The molecule has 0 aliphatic heterocycles. The van der Waals surface area contributed by atoms with Gasteiger partial charge in [-0.1, -0.05) is 13.8 Å². The molecule has 3 nitrogen and oxygen atoms in total. The maximum Gasteiger partial charge on any atom is 0.109 e. The van der Waals surface area contributed by atoms with Gasteiger partial charge in [-0.25, -0.2) is 4.98 Å². The van der Waals surface area contributed by atoms with Crippen LogP contribution >= 0.6 is 0 Å². The first-order chi connectivity index (χ1) is 7.61. The molecule has 82 valence electrons. The predicted molar refractivity (Wildman–Crippen MR) is 64.0 cm³/mol. The molecule has 2 aromatic rings. The summed E-state index contributed by atoms with van der Waals surface area (Å²) < 4.78 is 2.11. The van der Waals surface area contributed by atoms with E-state index in [2.05, 4.69) is 29.5 Å². The van der Waals surface area contributed by atoms with E-state index in [4.69, 9.17) is 5.26 Å². The molecule has 0 atom stereocenters. The van der Waals surface area contributed by atoms with Gasteiger partial charge in [0.2, 0.25) is 0 Å². The molecule has 1 aromatic heterocycles. The van der Waals surface area contributed by atoms with E-state index in [-0.39, 0.29) is 0 Å². The van der Waals surface area contributed by atoms with Crippen LogP contribution in [0.25, 0.3) is 11.0 Å². The van der Waals surface area contributed by atoms with Crippen LogP contribution in [-0.4, -0.2) is 9.55 Å². The van der Waals surface area contributed by atoms with E-state index in [0.717, 1.165) is 23.3 Å². The van der Waals surface area contributed by atoms with Gasteiger partial charge in [-0.05, 0) is 24.1 Å². The molecule has 1 aromatic carbocycles. The second-order valence-corrected chi connectivity index (χ2v) is 4.50. The van der Waals surface area contributed by atoms with Crippen molar-refractivity contribution in [2.45, 2.75) is 20.3 Å². The minimum absolute atomic E-state index is 0.589. The topological polar surface area (TPSA) is 41.6 Å². The molecule has 0 fully saturated rings. The molecule has 0 unspecified atom stereocenters. The van der Waals surface area contributed by atoms with Gasteiger partial charge in [0.15, 0.2) is 0 Å². The molecule has 16 heavy (non-hydrogen) atoms. The Morgan fingerprint density at radius 2 is 2.19 bits per heavy atom. The number of benzene rings is 1. The van der Waals surface area contributed by atoms with Gasteiger partial charge in [0, 0.05) is 13.5 Å². The van der Waals surface area contributed by atoms with Crippen LogP contribution in [0.2, 0.25) is 0 Å². The third kappa shape index (κ3) is 1.79. The zero-order chi connectivity index (χ0) is 11.7. The molecule has 0 aliphatic carbocycles. The Hall–Kier alpha value is -1.82. The lowest BCUT2D eigenvalue weighted by Crippen LogP contribution is -2.02. The summed E-state index contributed by atoms with van der Waals surface area (Å²) in [5, 5.41) is 8.83. The number of fused-ring (bicyclic) bond motifs is 1. The largest absolute Gasteiger partial charge is 0.331 e. The van der Waals surface area contributed by atoms with Crippen LogP contribution in [0.15, 0.2) is 18.2 Å². The number of aromatic nitrogens is 2. The molecule has 0 saturated heterocycles. The number of hydrogen-bond donors (Lipinski definition) is 0. The maximum atomic E-state index is 8.83. The highest BCUT2D eigenvalue weighted by atomic mass is 15.1. The van der Waals surface area contributed by atoms with Crippen molar-refractivity contribution >= 4 is 11.0 Å². The number of nitrogens with zero attached hydrogens (tertiary/aromatic N) is 3. The molecule has 3 heteroatoms. The van der Waals surface area contributed by atoms with Crippen molar-refractivity contribution in [3.05, 3.63) is 29.6 Å². The highest BCUT2D eigenvalue weighted by Gasteiger charge is 2.09. The maximum absolute atomic E-state index is 8.83. The first-order valence-electron chi connectivity index (χ1n) is 5.47. The van der Waals surface area contributed by atoms with Crippen LogP contribution in [0.5, 0.6) is 0 Å². The van der Waals surface area contributed by atoms with Crippen LogP contribution in [0.1, 0.15) is 25.2 Å². The molecule has 0 radical (unpaired) electrons. The van der Waals surface area contributed by atoms with E-state index in [1.807, 2.05) is 25.2 Å². The molecular formula is C13H15N3. The quantitative estimate of drug-likeness (QED) is 0.769.